The number of benzene rings is 5. The second-order valence-corrected chi connectivity index (χ2v) is 10.5. The predicted molar refractivity (Wildman–Crippen MR) is 151 cm³/mol. The second kappa shape index (κ2) is 6.83. The molecule has 2 nitrogen and oxygen atoms in total. The zero-order valence-electron chi connectivity index (χ0n) is 20.3. The molecule has 0 amide bonds. The van der Waals surface area contributed by atoms with E-state index < -0.39 is 0 Å². The summed E-state index contributed by atoms with van der Waals surface area (Å²) in [6.07, 6.45) is 1.89. The van der Waals surface area contributed by atoms with Crippen molar-refractivity contribution < 1.29 is 0 Å². The highest BCUT2D eigenvalue weighted by molar-refractivity contribution is 6.12. The minimum absolute atomic E-state index is 0.0368. The lowest BCUT2D eigenvalue weighted by atomic mass is 9.82. The summed E-state index contributed by atoms with van der Waals surface area (Å²) >= 11 is 0. The van der Waals surface area contributed by atoms with E-state index in [9.17, 15) is 0 Å². The van der Waals surface area contributed by atoms with Crippen molar-refractivity contribution in [3.8, 4) is 16.8 Å². The van der Waals surface area contributed by atoms with Gasteiger partial charge in [-0.2, -0.15) is 0 Å². The fourth-order valence-electron chi connectivity index (χ4n) is 6.43. The highest BCUT2D eigenvalue weighted by Crippen LogP contribution is 2.50. The Morgan fingerprint density at radius 1 is 0.583 bits per heavy atom. The van der Waals surface area contributed by atoms with Gasteiger partial charge in [0, 0.05) is 38.8 Å². The molecular weight excluding hydrogens is 436 g/mol. The summed E-state index contributed by atoms with van der Waals surface area (Å²) in [5.74, 6) is 0. The molecule has 36 heavy (non-hydrogen) atoms. The number of nitrogens with zero attached hydrogens (tertiary/aromatic N) is 2. The van der Waals surface area contributed by atoms with Crippen LogP contribution in [0.4, 0.5) is 0 Å². The summed E-state index contributed by atoms with van der Waals surface area (Å²) in [6.45, 7) is 4.70. The average Bonchev–Trinajstić information content (AvgIpc) is 3.36. The molecule has 0 saturated carbocycles. The van der Waals surface area contributed by atoms with Crippen LogP contribution in [0.3, 0.4) is 0 Å². The van der Waals surface area contributed by atoms with E-state index in [1.54, 1.807) is 0 Å². The van der Waals surface area contributed by atoms with Gasteiger partial charge in [0.15, 0.2) is 0 Å². The van der Waals surface area contributed by atoms with Gasteiger partial charge in [-0.15, -0.1) is 0 Å². The molecule has 1 aliphatic rings. The first kappa shape index (κ1) is 19.8. The van der Waals surface area contributed by atoms with Crippen LogP contribution in [0.25, 0.3) is 60.3 Å². The van der Waals surface area contributed by atoms with E-state index in [4.69, 9.17) is 4.98 Å². The first-order valence-electron chi connectivity index (χ1n) is 12.6. The molecule has 0 fully saturated rings. The van der Waals surface area contributed by atoms with Gasteiger partial charge in [0.25, 0.3) is 0 Å². The van der Waals surface area contributed by atoms with E-state index in [1.165, 1.54) is 65.9 Å². The summed E-state index contributed by atoms with van der Waals surface area (Å²) < 4.78 is 2.44. The molecule has 2 heteroatoms. The number of fused-ring (bicyclic) bond motifs is 9. The Kier molecular flexibility index (Phi) is 3.76. The number of hydrogen-bond donors (Lipinski definition) is 0. The monoisotopic (exact) mass is 460 g/mol. The smallest absolute Gasteiger partial charge is 0.0781 e. The minimum atomic E-state index is -0.0368. The lowest BCUT2D eigenvalue weighted by molar-refractivity contribution is 0.661. The zero-order valence-corrected chi connectivity index (χ0v) is 20.3. The third-order valence-corrected chi connectivity index (χ3v) is 8.21. The zero-order chi connectivity index (χ0) is 24.0. The maximum atomic E-state index is 4.74. The molecule has 2 aromatic heterocycles. The van der Waals surface area contributed by atoms with E-state index in [2.05, 4.69) is 115 Å². The van der Waals surface area contributed by atoms with Gasteiger partial charge in [0.2, 0.25) is 0 Å². The van der Waals surface area contributed by atoms with E-state index in [0.29, 0.717) is 0 Å². The second-order valence-electron chi connectivity index (χ2n) is 10.5. The Labute approximate surface area is 209 Å². The van der Waals surface area contributed by atoms with Crippen LogP contribution in [0.15, 0.2) is 109 Å². The molecule has 170 valence electrons. The first-order valence-corrected chi connectivity index (χ1v) is 12.6. The van der Waals surface area contributed by atoms with Gasteiger partial charge in [-0.05, 0) is 64.0 Å². The van der Waals surface area contributed by atoms with Gasteiger partial charge in [0.05, 0.1) is 16.6 Å². The van der Waals surface area contributed by atoms with E-state index >= 15 is 0 Å². The Morgan fingerprint density at radius 2 is 1.39 bits per heavy atom. The van der Waals surface area contributed by atoms with Crippen LogP contribution in [0.5, 0.6) is 0 Å². The highest BCUT2D eigenvalue weighted by Gasteiger charge is 2.36. The van der Waals surface area contributed by atoms with Gasteiger partial charge in [-0.25, -0.2) is 0 Å². The van der Waals surface area contributed by atoms with Crippen LogP contribution < -0.4 is 0 Å². The average molecular weight is 461 g/mol. The third kappa shape index (κ3) is 2.48. The molecule has 5 aromatic carbocycles. The van der Waals surface area contributed by atoms with Crippen molar-refractivity contribution in [2.45, 2.75) is 19.3 Å². The fraction of sp³-hybridized carbons (Fsp3) is 0.0882. The number of pyridine rings is 1. The number of aromatic nitrogens is 2. The topological polar surface area (TPSA) is 17.8 Å². The first-order chi connectivity index (χ1) is 17.6. The van der Waals surface area contributed by atoms with Gasteiger partial charge < -0.3 is 4.57 Å². The van der Waals surface area contributed by atoms with Crippen molar-refractivity contribution in [1.29, 1.82) is 0 Å². The lowest BCUT2D eigenvalue weighted by Crippen LogP contribution is -2.14. The minimum Gasteiger partial charge on any atom is -0.309 e. The van der Waals surface area contributed by atoms with Crippen molar-refractivity contribution in [1.82, 2.24) is 9.55 Å². The molecule has 7 aromatic rings. The third-order valence-electron chi connectivity index (χ3n) is 8.21. The molecule has 0 spiro atoms. The Bertz CT molecular complexity index is 2020. The van der Waals surface area contributed by atoms with E-state index in [0.717, 1.165) is 5.52 Å². The highest BCUT2D eigenvalue weighted by atomic mass is 15.0. The number of hydrogen-bond acceptors (Lipinski definition) is 1. The predicted octanol–water partition coefficient (Wildman–Crippen LogP) is 8.79. The van der Waals surface area contributed by atoms with Gasteiger partial charge in [-0.3, -0.25) is 4.98 Å². The molecule has 8 rings (SSSR count). The van der Waals surface area contributed by atoms with Crippen molar-refractivity contribution >= 4 is 43.5 Å². The van der Waals surface area contributed by atoms with E-state index in [1.807, 2.05) is 12.3 Å². The normalized spacial score (nSPS) is 14.1. The summed E-state index contributed by atoms with van der Waals surface area (Å²) in [4.78, 5) is 4.74. The molecule has 0 atom stereocenters. The molecule has 0 unspecified atom stereocenters. The molecule has 2 heterocycles. The van der Waals surface area contributed by atoms with E-state index in [-0.39, 0.29) is 5.41 Å². The van der Waals surface area contributed by atoms with Crippen molar-refractivity contribution in [2.75, 3.05) is 0 Å². The van der Waals surface area contributed by atoms with Crippen molar-refractivity contribution in [2.24, 2.45) is 0 Å². The summed E-state index contributed by atoms with van der Waals surface area (Å²) in [7, 11) is 0. The summed E-state index contributed by atoms with van der Waals surface area (Å²) in [5, 5.41) is 6.15. The maximum absolute atomic E-state index is 4.74. The molecule has 1 aliphatic carbocycles. The van der Waals surface area contributed by atoms with Crippen LogP contribution in [-0.4, -0.2) is 9.55 Å². The molecule has 0 bridgehead atoms. The summed E-state index contributed by atoms with van der Waals surface area (Å²) in [6, 6.07) is 37.8. The Balaban J connectivity index is 1.49. The van der Waals surface area contributed by atoms with Crippen molar-refractivity contribution in [3.63, 3.8) is 0 Å². The summed E-state index contributed by atoms with van der Waals surface area (Å²) in [5.41, 5.74) is 10.2. The van der Waals surface area contributed by atoms with Crippen LogP contribution in [0.1, 0.15) is 25.0 Å². The number of rotatable bonds is 1. The lowest BCUT2D eigenvalue weighted by Gasteiger charge is -2.21. The van der Waals surface area contributed by atoms with Crippen LogP contribution >= 0.6 is 0 Å². The van der Waals surface area contributed by atoms with Gasteiger partial charge in [0.1, 0.15) is 0 Å². The molecule has 0 aliphatic heterocycles. The molecule has 0 N–H and O–H groups in total. The quantitative estimate of drug-likeness (QED) is 0.224. The molecular formula is C34H24N2. The van der Waals surface area contributed by atoms with Crippen LogP contribution in [0.2, 0.25) is 0 Å². The van der Waals surface area contributed by atoms with Crippen LogP contribution in [-0.2, 0) is 5.41 Å². The SMILES string of the molecule is CC1(C)c2ccccc2-c2cc3c4ccccc4n(-c4ccc5ccc6cccnc6c5c4)c3cc21. The van der Waals surface area contributed by atoms with Gasteiger partial charge >= 0.3 is 0 Å². The van der Waals surface area contributed by atoms with Crippen molar-refractivity contribution in [3.05, 3.63) is 120 Å². The number of para-hydroxylation sites is 1. The van der Waals surface area contributed by atoms with Crippen LogP contribution in [0, 0.1) is 0 Å². The largest absolute Gasteiger partial charge is 0.309 e. The van der Waals surface area contributed by atoms with Gasteiger partial charge in [-0.1, -0.05) is 80.6 Å². The Hall–Kier alpha value is -4.43. The standard InChI is InChI=1S/C34H24N2/c1-34(2)29-11-5-3-9-24(29)27-19-28-25-10-4-6-12-31(25)36(32(28)20-30(27)34)23-16-15-21-13-14-22-8-7-17-35-33(22)26(21)18-23/h3-20H,1-2H3. The maximum Gasteiger partial charge on any atom is 0.0781 e. The Morgan fingerprint density at radius 3 is 2.33 bits per heavy atom. The fourth-order valence-corrected chi connectivity index (χ4v) is 6.43. The molecule has 0 saturated heterocycles. The molecule has 0 radical (unpaired) electrons.